The second kappa shape index (κ2) is 9.54. The van der Waals surface area contributed by atoms with Crippen molar-refractivity contribution < 1.29 is 4.79 Å². The van der Waals surface area contributed by atoms with Crippen LogP contribution in [0.1, 0.15) is 30.9 Å². The molecule has 0 spiro atoms. The first-order valence-corrected chi connectivity index (χ1v) is 9.66. The Morgan fingerprint density at radius 1 is 0.966 bits per heavy atom. The molecule has 7 nitrogen and oxygen atoms in total. The van der Waals surface area contributed by atoms with Crippen molar-refractivity contribution in [3.05, 3.63) is 78.1 Å². The fourth-order valence-electron chi connectivity index (χ4n) is 3.24. The van der Waals surface area contributed by atoms with E-state index in [1.165, 1.54) is 6.33 Å². The quantitative estimate of drug-likeness (QED) is 0.511. The lowest BCUT2D eigenvalue weighted by Gasteiger charge is -2.23. The van der Waals surface area contributed by atoms with Crippen LogP contribution in [-0.2, 0) is 4.79 Å². The van der Waals surface area contributed by atoms with Crippen LogP contribution in [0.25, 0.3) is 0 Å². The van der Waals surface area contributed by atoms with Gasteiger partial charge in [0.1, 0.15) is 12.0 Å². The van der Waals surface area contributed by atoms with Crippen molar-refractivity contribution in [2.24, 2.45) is 0 Å². The highest BCUT2D eigenvalue weighted by atomic mass is 16.2. The first kappa shape index (κ1) is 20.1. The lowest BCUT2D eigenvalue weighted by molar-refractivity contribution is -0.121. The van der Waals surface area contributed by atoms with Crippen molar-refractivity contribution in [2.45, 2.75) is 19.8 Å². The van der Waals surface area contributed by atoms with E-state index in [4.69, 9.17) is 5.73 Å². The SMILES string of the molecule is CCN(CC)c1ncnc(NNC(=O)C(c2ccccc2)c2ccccc2)c1N. The van der Waals surface area contributed by atoms with Crippen LogP contribution < -0.4 is 21.5 Å². The van der Waals surface area contributed by atoms with Crippen LogP contribution in [-0.4, -0.2) is 29.0 Å². The Labute approximate surface area is 171 Å². The van der Waals surface area contributed by atoms with Crippen LogP contribution in [0, 0.1) is 0 Å². The summed E-state index contributed by atoms with van der Waals surface area (Å²) in [5, 5.41) is 0. The van der Waals surface area contributed by atoms with Gasteiger partial charge in [0.05, 0.1) is 5.92 Å². The second-order valence-corrected chi connectivity index (χ2v) is 6.50. The zero-order chi connectivity index (χ0) is 20.6. The lowest BCUT2D eigenvalue weighted by atomic mass is 9.91. The van der Waals surface area contributed by atoms with Crippen molar-refractivity contribution in [1.29, 1.82) is 0 Å². The van der Waals surface area contributed by atoms with E-state index in [0.29, 0.717) is 17.3 Å². The van der Waals surface area contributed by atoms with Gasteiger partial charge in [0.2, 0.25) is 5.91 Å². The maximum Gasteiger partial charge on any atom is 0.250 e. The van der Waals surface area contributed by atoms with Crippen molar-refractivity contribution in [2.75, 3.05) is 29.1 Å². The number of hydrogen-bond donors (Lipinski definition) is 3. The van der Waals surface area contributed by atoms with E-state index in [9.17, 15) is 4.79 Å². The van der Waals surface area contributed by atoms with E-state index >= 15 is 0 Å². The number of anilines is 3. The number of aromatic nitrogens is 2. The monoisotopic (exact) mass is 390 g/mol. The highest BCUT2D eigenvalue weighted by molar-refractivity contribution is 5.88. The van der Waals surface area contributed by atoms with Gasteiger partial charge in [-0.15, -0.1) is 0 Å². The van der Waals surface area contributed by atoms with Crippen LogP contribution >= 0.6 is 0 Å². The van der Waals surface area contributed by atoms with Gasteiger partial charge in [-0.1, -0.05) is 60.7 Å². The van der Waals surface area contributed by atoms with Crippen molar-refractivity contribution in [3.63, 3.8) is 0 Å². The van der Waals surface area contributed by atoms with Gasteiger partial charge >= 0.3 is 0 Å². The summed E-state index contributed by atoms with van der Waals surface area (Å²) in [6, 6.07) is 19.3. The molecule has 1 aromatic heterocycles. The van der Waals surface area contributed by atoms with Crippen LogP contribution in [0.15, 0.2) is 67.0 Å². The van der Waals surface area contributed by atoms with Crippen LogP contribution in [0.3, 0.4) is 0 Å². The normalized spacial score (nSPS) is 10.6. The molecule has 0 saturated heterocycles. The molecule has 150 valence electrons. The van der Waals surface area contributed by atoms with Gasteiger partial charge in [0, 0.05) is 13.1 Å². The Morgan fingerprint density at radius 3 is 2.03 bits per heavy atom. The van der Waals surface area contributed by atoms with E-state index < -0.39 is 5.92 Å². The minimum atomic E-state index is -0.463. The van der Waals surface area contributed by atoms with Gasteiger partial charge in [-0.05, 0) is 25.0 Å². The number of benzene rings is 2. The molecule has 4 N–H and O–H groups in total. The minimum absolute atomic E-state index is 0.204. The number of carbonyl (C=O) groups is 1. The molecule has 0 fully saturated rings. The summed E-state index contributed by atoms with van der Waals surface area (Å²) < 4.78 is 0. The molecule has 0 unspecified atom stereocenters. The molecule has 0 saturated carbocycles. The Balaban J connectivity index is 1.82. The van der Waals surface area contributed by atoms with E-state index in [1.54, 1.807) is 0 Å². The molecule has 2 aromatic carbocycles. The predicted octanol–water partition coefficient (Wildman–Crippen LogP) is 3.18. The van der Waals surface area contributed by atoms with Crippen LogP contribution in [0.5, 0.6) is 0 Å². The van der Waals surface area contributed by atoms with Crippen molar-refractivity contribution in [1.82, 2.24) is 15.4 Å². The maximum atomic E-state index is 13.1. The summed E-state index contributed by atoms with van der Waals surface area (Å²) in [5.74, 6) is 0.347. The number of hydrogen-bond acceptors (Lipinski definition) is 6. The minimum Gasteiger partial charge on any atom is -0.393 e. The molecule has 7 heteroatoms. The number of carbonyl (C=O) groups excluding carboxylic acids is 1. The molecule has 0 radical (unpaired) electrons. The molecule has 0 aliphatic heterocycles. The van der Waals surface area contributed by atoms with Crippen LogP contribution in [0.4, 0.5) is 17.3 Å². The molecule has 0 bridgehead atoms. The summed E-state index contributed by atoms with van der Waals surface area (Å²) in [5.41, 5.74) is 14.1. The number of hydrazine groups is 1. The Morgan fingerprint density at radius 2 is 1.52 bits per heavy atom. The second-order valence-electron chi connectivity index (χ2n) is 6.50. The topological polar surface area (TPSA) is 96.2 Å². The van der Waals surface area contributed by atoms with E-state index in [-0.39, 0.29) is 5.91 Å². The molecule has 0 aliphatic rings. The molecule has 29 heavy (non-hydrogen) atoms. The smallest absolute Gasteiger partial charge is 0.250 e. The summed E-state index contributed by atoms with van der Waals surface area (Å²) in [6.07, 6.45) is 1.43. The van der Waals surface area contributed by atoms with Gasteiger partial charge in [0.25, 0.3) is 0 Å². The van der Waals surface area contributed by atoms with Gasteiger partial charge in [-0.25, -0.2) is 9.97 Å². The van der Waals surface area contributed by atoms with Gasteiger partial charge in [0.15, 0.2) is 11.6 Å². The summed E-state index contributed by atoms with van der Waals surface area (Å²) >= 11 is 0. The van der Waals surface area contributed by atoms with Gasteiger partial charge in [-0.3, -0.25) is 15.6 Å². The molecule has 3 aromatic rings. The fraction of sp³-hybridized carbons (Fsp3) is 0.227. The van der Waals surface area contributed by atoms with Crippen molar-refractivity contribution in [3.8, 4) is 0 Å². The van der Waals surface area contributed by atoms with Crippen molar-refractivity contribution >= 4 is 23.2 Å². The summed E-state index contributed by atoms with van der Waals surface area (Å²) in [6.45, 7) is 5.61. The Kier molecular flexibility index (Phi) is 6.63. The average molecular weight is 390 g/mol. The molecule has 0 aliphatic carbocycles. The molecule has 1 heterocycles. The third-order valence-corrected chi connectivity index (χ3v) is 4.76. The average Bonchev–Trinajstić information content (AvgIpc) is 2.76. The van der Waals surface area contributed by atoms with E-state index in [2.05, 4.69) is 20.8 Å². The van der Waals surface area contributed by atoms with E-state index in [1.807, 2.05) is 79.4 Å². The third kappa shape index (κ3) is 4.63. The van der Waals surface area contributed by atoms with Crippen LogP contribution in [0.2, 0.25) is 0 Å². The Bertz CT molecular complexity index is 889. The molecule has 3 rings (SSSR count). The van der Waals surface area contributed by atoms with E-state index in [0.717, 1.165) is 24.2 Å². The largest absolute Gasteiger partial charge is 0.393 e. The zero-order valence-electron chi connectivity index (χ0n) is 16.7. The predicted molar refractivity (Wildman–Crippen MR) is 116 cm³/mol. The molecule has 0 atom stereocenters. The number of nitrogens with one attached hydrogen (secondary N) is 2. The molecular formula is C22H26N6O. The van der Waals surface area contributed by atoms with Gasteiger partial charge < -0.3 is 10.6 Å². The Hall–Kier alpha value is -3.61. The van der Waals surface area contributed by atoms with Gasteiger partial charge in [-0.2, -0.15) is 0 Å². The number of amides is 1. The molecule has 1 amide bonds. The number of nitrogens with zero attached hydrogens (tertiary/aromatic N) is 3. The highest BCUT2D eigenvalue weighted by Crippen LogP contribution is 2.27. The number of nitrogen functional groups attached to an aromatic ring is 1. The fourth-order valence-corrected chi connectivity index (χ4v) is 3.24. The number of nitrogens with two attached hydrogens (primary N) is 1. The lowest BCUT2D eigenvalue weighted by Crippen LogP contribution is -2.35. The standard InChI is InChI=1S/C22H26N6O/c1-3-28(4-2)21-19(23)20(24-15-25-21)26-27-22(29)18(16-11-7-5-8-12-16)17-13-9-6-10-14-17/h5-15,18H,3-4,23H2,1-2H3,(H,27,29)(H,24,25,26). The summed E-state index contributed by atoms with van der Waals surface area (Å²) in [7, 11) is 0. The number of rotatable bonds is 8. The third-order valence-electron chi connectivity index (χ3n) is 4.76. The first-order valence-electron chi connectivity index (χ1n) is 9.66. The molecular weight excluding hydrogens is 364 g/mol. The first-order chi connectivity index (χ1) is 14.2. The zero-order valence-corrected chi connectivity index (χ0v) is 16.7. The maximum absolute atomic E-state index is 13.1. The summed E-state index contributed by atoms with van der Waals surface area (Å²) in [4.78, 5) is 23.6. The highest BCUT2D eigenvalue weighted by Gasteiger charge is 2.23.